The van der Waals surface area contributed by atoms with E-state index in [-0.39, 0.29) is 5.56 Å². The van der Waals surface area contributed by atoms with Crippen LogP contribution in [0.5, 0.6) is 5.75 Å². The molecule has 0 aliphatic rings. The van der Waals surface area contributed by atoms with Crippen molar-refractivity contribution in [1.29, 1.82) is 5.26 Å². The highest BCUT2D eigenvalue weighted by Gasteiger charge is 2.34. The van der Waals surface area contributed by atoms with Crippen LogP contribution in [0.25, 0.3) is 15.6 Å². The molecule has 4 rings (SSSR count). The molecule has 0 saturated carbocycles. The molecule has 2 atom stereocenters. The molecule has 0 aliphatic carbocycles. The Kier molecular flexibility index (Phi) is 6.54. The smallest absolute Gasteiger partial charge is 0.277 e. The van der Waals surface area contributed by atoms with Crippen LogP contribution in [-0.4, -0.2) is 27.8 Å². The zero-order chi connectivity index (χ0) is 24.4. The van der Waals surface area contributed by atoms with Crippen molar-refractivity contribution in [2.24, 2.45) is 11.7 Å². The standard InChI is InChI=1S/C24H20ClN5O3S/c1-13-20(21(18(11-26)22(27)31)15-3-7-16(25)8-4-15)23(32)30(29-13)24-28-12-19(34-24)14-5-9-17(33-2)10-6-14/h3-10,12,18,21,29H,1-2H3,(H2,27,31)/t18-,21-/m0/s1. The number of aromatic amines is 1. The van der Waals surface area contributed by atoms with E-state index in [9.17, 15) is 14.9 Å². The van der Waals surface area contributed by atoms with E-state index >= 15 is 0 Å². The fourth-order valence-corrected chi connectivity index (χ4v) is 4.82. The number of methoxy groups -OCH3 is 1. The van der Waals surface area contributed by atoms with Crippen LogP contribution >= 0.6 is 22.9 Å². The monoisotopic (exact) mass is 493 g/mol. The van der Waals surface area contributed by atoms with E-state index in [0.717, 1.165) is 16.2 Å². The predicted molar refractivity (Wildman–Crippen MR) is 130 cm³/mol. The Morgan fingerprint density at radius 2 is 1.91 bits per heavy atom. The number of nitrogens with two attached hydrogens (primary N) is 1. The lowest BCUT2D eigenvalue weighted by molar-refractivity contribution is -0.120. The summed E-state index contributed by atoms with van der Waals surface area (Å²) < 4.78 is 6.52. The summed E-state index contributed by atoms with van der Waals surface area (Å²) in [6.45, 7) is 1.71. The second-order valence-corrected chi connectivity index (χ2v) is 9.01. The second-order valence-electron chi connectivity index (χ2n) is 7.56. The van der Waals surface area contributed by atoms with E-state index in [1.807, 2.05) is 30.3 Å². The minimum atomic E-state index is -1.25. The highest BCUT2D eigenvalue weighted by molar-refractivity contribution is 7.17. The van der Waals surface area contributed by atoms with E-state index in [2.05, 4.69) is 10.1 Å². The van der Waals surface area contributed by atoms with Gasteiger partial charge < -0.3 is 10.5 Å². The van der Waals surface area contributed by atoms with Crippen molar-refractivity contribution < 1.29 is 9.53 Å². The number of hydrogen-bond donors (Lipinski definition) is 2. The number of rotatable bonds is 7. The average molecular weight is 494 g/mol. The summed E-state index contributed by atoms with van der Waals surface area (Å²) in [6, 6.07) is 16.1. The summed E-state index contributed by atoms with van der Waals surface area (Å²) in [4.78, 5) is 30.9. The highest BCUT2D eigenvalue weighted by Crippen LogP contribution is 2.34. The summed E-state index contributed by atoms with van der Waals surface area (Å²) >= 11 is 7.34. The molecule has 10 heteroatoms. The first kappa shape index (κ1) is 23.3. The molecule has 34 heavy (non-hydrogen) atoms. The Labute approximate surface area is 204 Å². The Bertz CT molecular complexity index is 1430. The van der Waals surface area contributed by atoms with Gasteiger partial charge in [0.15, 0.2) is 0 Å². The molecule has 2 aromatic heterocycles. The number of primary amides is 1. The van der Waals surface area contributed by atoms with Crippen molar-refractivity contribution in [2.45, 2.75) is 12.8 Å². The first-order valence-electron chi connectivity index (χ1n) is 10.2. The Hall–Kier alpha value is -3.87. The lowest BCUT2D eigenvalue weighted by Gasteiger charge is -2.19. The molecule has 8 nitrogen and oxygen atoms in total. The summed E-state index contributed by atoms with van der Waals surface area (Å²) in [5, 5.41) is 13.7. The molecule has 1 amide bonds. The normalized spacial score (nSPS) is 12.6. The second kappa shape index (κ2) is 9.55. The third-order valence-corrected chi connectivity index (χ3v) is 6.78. The topological polar surface area (TPSA) is 127 Å². The Balaban J connectivity index is 1.80. The number of aromatic nitrogens is 3. The number of carbonyl (C=O) groups is 1. The van der Waals surface area contributed by atoms with Crippen LogP contribution in [0.15, 0.2) is 59.5 Å². The van der Waals surface area contributed by atoms with Gasteiger partial charge in [-0.15, -0.1) is 0 Å². The predicted octanol–water partition coefficient (Wildman–Crippen LogP) is 4.02. The van der Waals surface area contributed by atoms with Crippen molar-refractivity contribution in [3.05, 3.63) is 86.9 Å². The number of carbonyl (C=O) groups excluding carboxylic acids is 1. The number of amides is 1. The Morgan fingerprint density at radius 3 is 2.50 bits per heavy atom. The van der Waals surface area contributed by atoms with Crippen molar-refractivity contribution >= 4 is 28.8 Å². The van der Waals surface area contributed by atoms with Gasteiger partial charge in [-0.05, 0) is 54.4 Å². The molecule has 0 aliphatic heterocycles. The lowest BCUT2D eigenvalue weighted by Crippen LogP contribution is -2.31. The summed E-state index contributed by atoms with van der Waals surface area (Å²) in [5.74, 6) is -2.19. The number of nitrogens with zero attached hydrogens (tertiary/aromatic N) is 3. The first-order valence-corrected chi connectivity index (χ1v) is 11.4. The highest BCUT2D eigenvalue weighted by atomic mass is 35.5. The fraction of sp³-hybridized carbons (Fsp3) is 0.167. The molecule has 0 bridgehead atoms. The molecule has 0 radical (unpaired) electrons. The first-order chi connectivity index (χ1) is 16.3. The minimum Gasteiger partial charge on any atom is -0.497 e. The maximum absolute atomic E-state index is 13.5. The van der Waals surface area contributed by atoms with Crippen molar-refractivity contribution in [2.75, 3.05) is 7.11 Å². The molecule has 172 valence electrons. The van der Waals surface area contributed by atoms with E-state index in [1.54, 1.807) is 44.5 Å². The SMILES string of the molecule is COc1ccc(-c2cnc(-n3[nH]c(C)c([C@@H](c4ccc(Cl)cc4)[C@H](C#N)C(N)=O)c3=O)s2)cc1. The number of aryl methyl sites for hydroxylation is 1. The van der Waals surface area contributed by atoms with Gasteiger partial charge in [0.1, 0.15) is 11.7 Å². The largest absolute Gasteiger partial charge is 0.497 e. The van der Waals surface area contributed by atoms with E-state index in [0.29, 0.717) is 21.4 Å². The molecule has 0 unspecified atom stereocenters. The van der Waals surface area contributed by atoms with Gasteiger partial charge in [0.05, 0.1) is 18.1 Å². The average Bonchev–Trinajstić information content (AvgIpc) is 3.43. The van der Waals surface area contributed by atoms with Crippen LogP contribution in [0.2, 0.25) is 5.02 Å². The number of hydrogen-bond acceptors (Lipinski definition) is 6. The summed E-state index contributed by atoms with van der Waals surface area (Å²) in [6.07, 6.45) is 1.68. The lowest BCUT2D eigenvalue weighted by atomic mass is 9.81. The number of benzene rings is 2. The van der Waals surface area contributed by atoms with Crippen molar-refractivity contribution in [3.8, 4) is 27.4 Å². The quantitative estimate of drug-likeness (QED) is 0.402. The molecule has 0 fully saturated rings. The third-order valence-electron chi connectivity index (χ3n) is 5.50. The fourth-order valence-electron chi connectivity index (χ4n) is 3.82. The van der Waals surface area contributed by atoms with Gasteiger partial charge >= 0.3 is 0 Å². The molecular weight excluding hydrogens is 474 g/mol. The van der Waals surface area contributed by atoms with Gasteiger partial charge in [0, 0.05) is 28.4 Å². The number of thiazole rings is 1. The van der Waals surface area contributed by atoms with Gasteiger partial charge in [0.25, 0.3) is 5.56 Å². The van der Waals surface area contributed by atoms with Gasteiger partial charge in [0.2, 0.25) is 11.0 Å². The summed E-state index contributed by atoms with van der Waals surface area (Å²) in [7, 11) is 1.60. The third kappa shape index (κ3) is 4.33. The van der Waals surface area contributed by atoms with Gasteiger partial charge in [-0.1, -0.05) is 35.1 Å². The van der Waals surface area contributed by atoms with E-state index in [1.165, 1.54) is 16.0 Å². The van der Waals surface area contributed by atoms with E-state index < -0.39 is 23.3 Å². The maximum atomic E-state index is 13.5. The van der Waals surface area contributed by atoms with Crippen molar-refractivity contribution in [3.63, 3.8) is 0 Å². The summed E-state index contributed by atoms with van der Waals surface area (Å²) in [5.41, 5.74) is 7.42. The number of nitrogens with one attached hydrogen (secondary N) is 1. The molecule has 3 N–H and O–H groups in total. The molecule has 2 heterocycles. The van der Waals surface area contributed by atoms with Gasteiger partial charge in [-0.25, -0.2) is 4.98 Å². The molecule has 0 saturated heterocycles. The van der Waals surface area contributed by atoms with Crippen LogP contribution < -0.4 is 16.0 Å². The number of nitriles is 1. The molecule has 2 aromatic carbocycles. The van der Waals surface area contributed by atoms with Gasteiger partial charge in [-0.2, -0.15) is 9.94 Å². The Morgan fingerprint density at radius 1 is 1.24 bits per heavy atom. The molecule has 0 spiro atoms. The number of ether oxygens (including phenoxy) is 1. The van der Waals surface area contributed by atoms with Crippen LogP contribution in [0.4, 0.5) is 0 Å². The van der Waals surface area contributed by atoms with Crippen LogP contribution in [-0.2, 0) is 4.79 Å². The van der Waals surface area contributed by atoms with E-state index in [4.69, 9.17) is 22.1 Å². The zero-order valence-electron chi connectivity index (χ0n) is 18.3. The minimum absolute atomic E-state index is 0.272. The van der Waals surface area contributed by atoms with Gasteiger partial charge in [-0.3, -0.25) is 14.7 Å². The number of halogens is 1. The maximum Gasteiger partial charge on any atom is 0.277 e. The van der Waals surface area contributed by atoms with Crippen LogP contribution in [0.3, 0.4) is 0 Å². The van der Waals surface area contributed by atoms with Crippen molar-refractivity contribution in [1.82, 2.24) is 14.8 Å². The van der Waals surface area contributed by atoms with Crippen LogP contribution in [0, 0.1) is 24.2 Å². The molecular formula is C24H20ClN5O3S. The zero-order valence-corrected chi connectivity index (χ0v) is 19.9. The number of H-pyrrole nitrogens is 1. The molecule has 4 aromatic rings. The van der Waals surface area contributed by atoms with Crippen LogP contribution in [0.1, 0.15) is 22.7 Å².